The molecule has 130 heavy (non-hydrogen) atoms. The molecule has 1 spiro atoms. The number of hydrogen-bond donors (Lipinski definition) is 0. The molecule has 20 aromatic carbocycles. The van der Waals surface area contributed by atoms with Crippen molar-refractivity contribution in [2.45, 2.75) is 24.7 Å². The average Bonchev–Trinajstić information content (AvgIpc) is 1.50. The number of para-hydroxylation sites is 2. The lowest BCUT2D eigenvalue weighted by Crippen LogP contribution is -2.26. The Morgan fingerprint density at radius 1 is 0.208 bits per heavy atom. The normalized spacial score (nSPS) is 13.1. The highest BCUT2D eigenvalue weighted by atomic mass is 16.3. The van der Waals surface area contributed by atoms with Crippen molar-refractivity contribution in [1.29, 1.82) is 0 Å². The van der Waals surface area contributed by atoms with E-state index in [1.165, 1.54) is 83.3 Å². The van der Waals surface area contributed by atoms with Crippen LogP contribution < -0.4 is 9.80 Å². The second-order valence-electron chi connectivity index (χ2n) is 35.6. The molecule has 0 unspecified atom stereocenters. The highest BCUT2D eigenvalue weighted by Gasteiger charge is 2.53. The number of aromatic nitrogens is 2. The van der Waals surface area contributed by atoms with Gasteiger partial charge in [0.1, 0.15) is 22.3 Å². The summed E-state index contributed by atoms with van der Waals surface area (Å²) in [6.07, 6.45) is 0. The zero-order valence-electron chi connectivity index (χ0n) is 71.3. The first kappa shape index (κ1) is 73.5. The van der Waals surface area contributed by atoms with E-state index in [1.54, 1.807) is 0 Å². The highest BCUT2D eigenvalue weighted by Crippen LogP contribution is 2.66. The van der Waals surface area contributed by atoms with Crippen molar-refractivity contribution in [2.24, 2.45) is 0 Å². The maximum Gasteiger partial charge on any atom is 0.137 e. The van der Waals surface area contributed by atoms with Crippen molar-refractivity contribution in [2.75, 3.05) is 9.80 Å². The first-order valence-corrected chi connectivity index (χ1v) is 45.0. The summed E-state index contributed by atoms with van der Waals surface area (Å²) in [4.78, 5) is 4.99. The summed E-state index contributed by atoms with van der Waals surface area (Å²) in [7, 11) is 0. The number of furan rings is 2. The van der Waals surface area contributed by atoms with Gasteiger partial charge in [-0.05, 0) is 269 Å². The van der Waals surface area contributed by atoms with E-state index in [0.29, 0.717) is 0 Å². The average molecular weight is 1660 g/mol. The van der Waals surface area contributed by atoms with Gasteiger partial charge in [0.15, 0.2) is 0 Å². The second-order valence-corrected chi connectivity index (χ2v) is 35.6. The van der Waals surface area contributed by atoms with E-state index in [9.17, 15) is 0 Å². The molecule has 4 aromatic heterocycles. The van der Waals surface area contributed by atoms with Crippen molar-refractivity contribution in [1.82, 2.24) is 9.13 Å². The van der Waals surface area contributed by atoms with Crippen molar-refractivity contribution in [3.8, 4) is 100 Å². The molecule has 4 heterocycles. The Hall–Kier alpha value is -16.8. The smallest absolute Gasteiger partial charge is 0.137 e. The van der Waals surface area contributed by atoms with Gasteiger partial charge in [0.2, 0.25) is 0 Å². The van der Waals surface area contributed by atoms with E-state index < -0.39 is 5.41 Å². The molecule has 0 bridgehead atoms. The molecule has 0 radical (unpaired) electrons. The largest absolute Gasteiger partial charge is 0.456 e. The fraction of sp³-hybridized carbons (Fsp3) is 0.0323. The minimum absolute atomic E-state index is 0.198. The minimum atomic E-state index is -0.533. The third-order valence-corrected chi connectivity index (χ3v) is 28.5. The molecule has 6 nitrogen and oxygen atoms in total. The molecule has 27 rings (SSSR count). The van der Waals surface area contributed by atoms with Gasteiger partial charge in [-0.1, -0.05) is 305 Å². The van der Waals surface area contributed by atoms with Gasteiger partial charge in [-0.15, -0.1) is 0 Å². The molecule has 0 amide bonds. The fourth-order valence-electron chi connectivity index (χ4n) is 22.7. The Morgan fingerprint density at radius 2 is 0.500 bits per heavy atom. The summed E-state index contributed by atoms with van der Waals surface area (Å²) >= 11 is 0. The highest BCUT2D eigenvalue weighted by molar-refractivity contribution is 6.19. The molecule has 608 valence electrons. The SMILES string of the molecule is CC1(C)c2ccccc2-c2c(N(c3ccc(-c4ccccc4)cc3)c3cccc4oc5ccc(-c6ccc7c(c6)c6cc(-c8ccc9c(c8)c8cc(-c%10ccc%11oc%12cccc(N(c%13ccc(-c%14ccccc%14)cc%13)c%13cccc%14c%13-c%13ccccc%13C%14%13c%14ccccc%14-c%14ccccc%14%13)c%12c%11c%10)ccc8n9-c8ccccc8)ccc6n7-c6ccccc6)cc5c34)cccc21. The van der Waals surface area contributed by atoms with Crippen LogP contribution in [-0.4, -0.2) is 9.13 Å². The molecular formula is C124H80N4O2. The molecule has 0 saturated carbocycles. The Morgan fingerprint density at radius 3 is 0.915 bits per heavy atom. The molecule has 6 heteroatoms. The summed E-state index contributed by atoms with van der Waals surface area (Å²) in [5, 5.41) is 8.84. The molecule has 3 aliphatic rings. The lowest BCUT2D eigenvalue weighted by atomic mass is 9.70. The monoisotopic (exact) mass is 1660 g/mol. The number of rotatable bonds is 13. The lowest BCUT2D eigenvalue weighted by molar-refractivity contribution is 0.660. The Kier molecular flexibility index (Phi) is 16.0. The summed E-state index contributed by atoms with van der Waals surface area (Å²) in [6.45, 7) is 4.72. The van der Waals surface area contributed by atoms with Crippen LogP contribution in [0.2, 0.25) is 0 Å². The maximum absolute atomic E-state index is 7.08. The van der Waals surface area contributed by atoms with Crippen LogP contribution >= 0.6 is 0 Å². The van der Waals surface area contributed by atoms with Crippen LogP contribution in [0.1, 0.15) is 47.2 Å². The fourth-order valence-corrected chi connectivity index (χ4v) is 22.7. The Balaban J connectivity index is 0.597. The van der Waals surface area contributed by atoms with Gasteiger partial charge in [0.25, 0.3) is 0 Å². The van der Waals surface area contributed by atoms with Gasteiger partial charge < -0.3 is 27.8 Å². The summed E-state index contributed by atoms with van der Waals surface area (Å²) < 4.78 is 18.9. The van der Waals surface area contributed by atoms with Crippen LogP contribution in [0.5, 0.6) is 0 Å². The molecule has 0 N–H and O–H groups in total. The van der Waals surface area contributed by atoms with E-state index in [1.807, 2.05) is 0 Å². The van der Waals surface area contributed by atoms with Gasteiger partial charge in [-0.3, -0.25) is 0 Å². The van der Waals surface area contributed by atoms with Crippen LogP contribution in [0.25, 0.3) is 188 Å². The number of nitrogens with zero attached hydrogens (tertiary/aromatic N) is 4. The van der Waals surface area contributed by atoms with E-state index in [0.717, 1.165) is 172 Å². The van der Waals surface area contributed by atoms with Crippen molar-refractivity contribution >= 4 is 122 Å². The molecule has 3 aliphatic carbocycles. The molecule has 0 aliphatic heterocycles. The number of hydrogen-bond acceptors (Lipinski definition) is 4. The van der Waals surface area contributed by atoms with Crippen molar-refractivity contribution in [3.05, 3.63) is 482 Å². The zero-order valence-corrected chi connectivity index (χ0v) is 71.3. The van der Waals surface area contributed by atoms with Gasteiger partial charge >= 0.3 is 0 Å². The topological polar surface area (TPSA) is 42.6 Å². The van der Waals surface area contributed by atoms with Crippen molar-refractivity contribution in [3.63, 3.8) is 0 Å². The van der Waals surface area contributed by atoms with E-state index in [4.69, 9.17) is 8.83 Å². The maximum atomic E-state index is 7.08. The summed E-state index contributed by atoms with van der Waals surface area (Å²) in [5.74, 6) is 0. The molecule has 0 saturated heterocycles. The third-order valence-electron chi connectivity index (χ3n) is 28.5. The summed E-state index contributed by atoms with van der Waals surface area (Å²) in [6, 6.07) is 166. The van der Waals surface area contributed by atoms with Crippen LogP contribution in [0.15, 0.2) is 458 Å². The molecular weight excluding hydrogens is 1580 g/mol. The number of anilines is 6. The van der Waals surface area contributed by atoms with E-state index in [2.05, 4.69) is 482 Å². The number of benzene rings is 20. The van der Waals surface area contributed by atoms with Crippen molar-refractivity contribution < 1.29 is 8.83 Å². The lowest BCUT2D eigenvalue weighted by Gasteiger charge is -2.32. The number of fused-ring (bicyclic) bond motifs is 25. The summed E-state index contributed by atoms with van der Waals surface area (Å²) in [5.41, 5.74) is 42.4. The van der Waals surface area contributed by atoms with Gasteiger partial charge in [-0.2, -0.15) is 0 Å². The quantitative estimate of drug-likeness (QED) is 0.115. The first-order chi connectivity index (χ1) is 64.2. The molecule has 0 fully saturated rings. The molecule has 0 atom stereocenters. The van der Waals surface area contributed by atoms with E-state index in [-0.39, 0.29) is 5.41 Å². The van der Waals surface area contributed by atoms with Crippen LogP contribution in [0, 0.1) is 0 Å². The predicted molar refractivity (Wildman–Crippen MR) is 540 cm³/mol. The zero-order chi connectivity index (χ0) is 85.6. The first-order valence-electron chi connectivity index (χ1n) is 45.0. The standard InChI is InChI=1S/C124H80N4O2/c1-123(2)101-39-19-17-37-93(101)119-105(123)43-23-45-111(119)127(89-61-51-79(52-62-89)77-27-7-3-8-28-77)113-47-25-49-117-121(113)99-75-85(59-69-115(99)129-117)83-57-67-109-97(73-83)95-71-81(55-65-107(95)125(109)87-31-11-5-12-32-87)82-56-66-108-96(72-82)98-74-84(58-68-110(98)126(108)88-33-13-6-14-34-88)86-60-70-116-100(76-86)122-114(48-26-50-118(122)130-116)128(90-63-53-80(54-64-90)78-29-9-4-10-30-78)112-46-24-44-106-120(112)94-38-18-22-42-104(94)124(106)102-40-20-15-35-91(102)92-36-16-21-41-103(92)124/h3-76H,1-2H3. The van der Waals surface area contributed by atoms with Crippen LogP contribution in [-0.2, 0) is 10.8 Å². The predicted octanol–water partition coefficient (Wildman–Crippen LogP) is 33.6. The van der Waals surface area contributed by atoms with Gasteiger partial charge in [0, 0.05) is 71.6 Å². The second kappa shape index (κ2) is 28.4. The Labute approximate surface area is 751 Å². The van der Waals surface area contributed by atoms with E-state index >= 15 is 0 Å². The molecule has 24 aromatic rings. The van der Waals surface area contributed by atoms with Crippen LogP contribution in [0.3, 0.4) is 0 Å². The Bertz CT molecular complexity index is 8750. The van der Waals surface area contributed by atoms with Gasteiger partial charge in [-0.25, -0.2) is 0 Å². The minimum Gasteiger partial charge on any atom is -0.456 e. The van der Waals surface area contributed by atoms with Crippen LogP contribution in [0.4, 0.5) is 34.1 Å². The third kappa shape index (κ3) is 10.8. The van der Waals surface area contributed by atoms with Gasteiger partial charge in [0.05, 0.1) is 61.0 Å².